The van der Waals surface area contributed by atoms with Gasteiger partial charge in [0.1, 0.15) is 22.8 Å². The number of anilines is 2. The molecule has 0 saturated heterocycles. The fraction of sp³-hybridized carbons (Fsp3) is 0.438. The van der Waals surface area contributed by atoms with Crippen LogP contribution in [0, 0.1) is 0 Å². The summed E-state index contributed by atoms with van der Waals surface area (Å²) < 4.78 is 1.77. The summed E-state index contributed by atoms with van der Waals surface area (Å²) in [7, 11) is 1.90. The van der Waals surface area contributed by atoms with Gasteiger partial charge in [0.25, 0.3) is 0 Å². The second-order valence-corrected chi connectivity index (χ2v) is 7.46. The molecule has 5 rings (SSSR count). The van der Waals surface area contributed by atoms with Crippen molar-refractivity contribution in [2.24, 2.45) is 7.05 Å². The Hall–Kier alpha value is -2.15. The van der Waals surface area contributed by atoms with Crippen LogP contribution in [0.4, 0.5) is 11.6 Å². The van der Waals surface area contributed by atoms with Crippen molar-refractivity contribution in [2.45, 2.75) is 38.8 Å². The van der Waals surface area contributed by atoms with Gasteiger partial charge in [-0.2, -0.15) is 5.10 Å². The summed E-state index contributed by atoms with van der Waals surface area (Å²) in [5, 5.41) is 5.80. The summed E-state index contributed by atoms with van der Waals surface area (Å²) in [4.78, 5) is 14.1. The van der Waals surface area contributed by atoms with Gasteiger partial charge in [0.2, 0.25) is 0 Å². The quantitative estimate of drug-likeness (QED) is 0.743. The first-order valence-electron chi connectivity index (χ1n) is 8.03. The summed E-state index contributed by atoms with van der Waals surface area (Å²) >= 11 is 1.84. The van der Waals surface area contributed by atoms with Crippen LogP contribution in [0.2, 0.25) is 0 Å². The number of nitrogens with zero attached hydrogens (tertiary/aromatic N) is 5. The Morgan fingerprint density at radius 1 is 1.13 bits per heavy atom. The zero-order chi connectivity index (χ0) is 15.6. The van der Waals surface area contributed by atoms with E-state index < -0.39 is 0 Å². The van der Waals surface area contributed by atoms with E-state index in [4.69, 9.17) is 5.73 Å². The molecule has 23 heavy (non-hydrogen) atoms. The number of aromatic nitrogens is 4. The molecule has 0 amide bonds. The Kier molecular flexibility index (Phi) is 2.70. The Morgan fingerprint density at radius 3 is 2.87 bits per heavy atom. The third kappa shape index (κ3) is 1.83. The summed E-state index contributed by atoms with van der Waals surface area (Å²) in [6.45, 7) is 1.56. The molecule has 0 radical (unpaired) electrons. The summed E-state index contributed by atoms with van der Waals surface area (Å²) in [5.41, 5.74) is 9.83. The zero-order valence-electron chi connectivity index (χ0n) is 13.0. The van der Waals surface area contributed by atoms with Gasteiger partial charge in [0, 0.05) is 17.5 Å². The zero-order valence-corrected chi connectivity index (χ0v) is 13.9. The molecular formula is C16H18N6S. The number of hydrogen-bond donors (Lipinski definition) is 1. The van der Waals surface area contributed by atoms with E-state index in [1.807, 2.05) is 18.4 Å². The van der Waals surface area contributed by atoms with Crippen molar-refractivity contribution < 1.29 is 0 Å². The minimum atomic E-state index is 0.764. The van der Waals surface area contributed by atoms with Crippen LogP contribution in [0.5, 0.6) is 0 Å². The maximum absolute atomic E-state index is 6.14. The smallest absolute Gasteiger partial charge is 0.141 e. The number of thiophene rings is 1. The molecule has 0 unspecified atom stereocenters. The summed E-state index contributed by atoms with van der Waals surface area (Å²) in [6, 6.07) is 0. The minimum absolute atomic E-state index is 0.764. The molecule has 4 heterocycles. The van der Waals surface area contributed by atoms with E-state index in [2.05, 4.69) is 20.0 Å². The largest absolute Gasteiger partial charge is 0.384 e. The predicted molar refractivity (Wildman–Crippen MR) is 91.6 cm³/mol. The SMILES string of the molecule is Cn1nc2c(c1N)CN(c1ncnc3sc4c(c13)CCCC4)C2. The van der Waals surface area contributed by atoms with Crippen molar-refractivity contribution in [3.63, 3.8) is 0 Å². The highest BCUT2D eigenvalue weighted by Gasteiger charge is 2.29. The number of hydrogen-bond acceptors (Lipinski definition) is 6. The van der Waals surface area contributed by atoms with Crippen LogP contribution in [-0.4, -0.2) is 19.7 Å². The molecule has 0 bridgehead atoms. The van der Waals surface area contributed by atoms with Crippen LogP contribution in [0.3, 0.4) is 0 Å². The lowest BCUT2D eigenvalue weighted by atomic mass is 9.97. The van der Waals surface area contributed by atoms with E-state index in [-0.39, 0.29) is 0 Å². The molecule has 1 aliphatic heterocycles. The average molecular weight is 326 g/mol. The number of nitrogen functional groups attached to an aromatic ring is 1. The van der Waals surface area contributed by atoms with Gasteiger partial charge in [-0.05, 0) is 31.2 Å². The third-order valence-corrected chi connectivity index (χ3v) is 6.20. The number of fused-ring (bicyclic) bond motifs is 4. The third-order valence-electron chi connectivity index (χ3n) is 5.00. The minimum Gasteiger partial charge on any atom is -0.384 e. The lowest BCUT2D eigenvalue weighted by Crippen LogP contribution is -2.18. The highest BCUT2D eigenvalue weighted by atomic mass is 32.1. The van der Waals surface area contributed by atoms with Gasteiger partial charge in [0.05, 0.1) is 24.2 Å². The van der Waals surface area contributed by atoms with Gasteiger partial charge < -0.3 is 10.6 Å². The van der Waals surface area contributed by atoms with E-state index in [0.717, 1.165) is 47.2 Å². The molecule has 118 valence electrons. The van der Waals surface area contributed by atoms with E-state index in [0.29, 0.717) is 0 Å². The highest BCUT2D eigenvalue weighted by molar-refractivity contribution is 7.19. The molecule has 0 saturated carbocycles. The van der Waals surface area contributed by atoms with E-state index >= 15 is 0 Å². The molecule has 1 aliphatic carbocycles. The first-order valence-corrected chi connectivity index (χ1v) is 8.84. The van der Waals surface area contributed by atoms with Gasteiger partial charge in [-0.3, -0.25) is 4.68 Å². The summed E-state index contributed by atoms with van der Waals surface area (Å²) in [6.07, 6.45) is 6.59. The lowest BCUT2D eigenvalue weighted by Gasteiger charge is -2.19. The fourth-order valence-corrected chi connectivity index (χ4v) is 5.05. The Bertz CT molecular complexity index is 924. The van der Waals surface area contributed by atoms with Gasteiger partial charge in [-0.25, -0.2) is 9.97 Å². The Morgan fingerprint density at radius 2 is 2.00 bits per heavy atom. The van der Waals surface area contributed by atoms with E-state index in [1.54, 1.807) is 11.0 Å². The number of nitrogens with two attached hydrogens (primary N) is 1. The molecule has 2 N–H and O–H groups in total. The van der Waals surface area contributed by atoms with Crippen LogP contribution < -0.4 is 10.6 Å². The second kappa shape index (κ2) is 4.67. The molecule has 6 nitrogen and oxygen atoms in total. The van der Waals surface area contributed by atoms with Crippen molar-refractivity contribution in [2.75, 3.05) is 10.6 Å². The first kappa shape index (κ1) is 13.3. The van der Waals surface area contributed by atoms with Gasteiger partial charge in [0.15, 0.2) is 0 Å². The molecule has 0 aromatic carbocycles. The standard InChI is InChI=1S/C16H18N6S/c1-21-14(17)10-6-22(7-11(10)20-21)15-13-9-4-2-3-5-12(9)23-16(13)19-8-18-15/h8H,2-7,17H2,1H3. The molecule has 7 heteroatoms. The fourth-order valence-electron chi connectivity index (χ4n) is 3.83. The van der Waals surface area contributed by atoms with Crippen LogP contribution in [0.1, 0.15) is 34.5 Å². The lowest BCUT2D eigenvalue weighted by molar-refractivity contribution is 0.699. The molecule has 0 fully saturated rings. The van der Waals surface area contributed by atoms with Crippen LogP contribution in [-0.2, 0) is 33.0 Å². The van der Waals surface area contributed by atoms with Crippen molar-refractivity contribution in [3.8, 4) is 0 Å². The molecule has 0 spiro atoms. The van der Waals surface area contributed by atoms with Crippen molar-refractivity contribution >= 4 is 33.2 Å². The second-order valence-electron chi connectivity index (χ2n) is 6.38. The molecule has 2 aliphatic rings. The maximum Gasteiger partial charge on any atom is 0.141 e. The Labute approximate surface area is 137 Å². The Balaban J connectivity index is 1.63. The highest BCUT2D eigenvalue weighted by Crippen LogP contribution is 2.41. The molecule has 3 aromatic rings. The van der Waals surface area contributed by atoms with Gasteiger partial charge >= 0.3 is 0 Å². The molecule has 3 aromatic heterocycles. The number of aryl methyl sites for hydroxylation is 3. The average Bonchev–Trinajstić information content (AvgIpc) is 3.21. The van der Waals surface area contributed by atoms with Crippen molar-refractivity contribution in [1.29, 1.82) is 0 Å². The van der Waals surface area contributed by atoms with Crippen LogP contribution >= 0.6 is 11.3 Å². The van der Waals surface area contributed by atoms with Crippen molar-refractivity contribution in [1.82, 2.24) is 19.7 Å². The first-order chi connectivity index (χ1) is 11.2. The maximum atomic E-state index is 6.14. The van der Waals surface area contributed by atoms with E-state index in [9.17, 15) is 0 Å². The predicted octanol–water partition coefficient (Wildman–Crippen LogP) is 2.41. The van der Waals surface area contributed by atoms with Gasteiger partial charge in [-0.15, -0.1) is 11.3 Å². The topological polar surface area (TPSA) is 72.9 Å². The normalized spacial score (nSPS) is 16.8. The molecule has 0 atom stereocenters. The summed E-state index contributed by atoms with van der Waals surface area (Å²) in [5.74, 6) is 1.81. The number of rotatable bonds is 1. The van der Waals surface area contributed by atoms with Crippen LogP contribution in [0.25, 0.3) is 10.2 Å². The van der Waals surface area contributed by atoms with Gasteiger partial charge in [-0.1, -0.05) is 0 Å². The van der Waals surface area contributed by atoms with Crippen LogP contribution in [0.15, 0.2) is 6.33 Å². The van der Waals surface area contributed by atoms with E-state index in [1.165, 1.54) is 35.1 Å². The van der Waals surface area contributed by atoms with Crippen molar-refractivity contribution in [3.05, 3.63) is 28.0 Å². The molecular weight excluding hydrogens is 308 g/mol. The monoisotopic (exact) mass is 326 g/mol.